The molecule has 3 rings (SSSR count). The van der Waals surface area contributed by atoms with Crippen molar-refractivity contribution in [3.63, 3.8) is 0 Å². The van der Waals surface area contributed by atoms with Gasteiger partial charge in [-0.3, -0.25) is 9.69 Å². The second-order valence-electron chi connectivity index (χ2n) is 7.66. The fraction of sp³-hybridized carbons (Fsp3) is 0.667. The predicted octanol–water partition coefficient (Wildman–Crippen LogP) is 1.98. The van der Waals surface area contributed by atoms with Crippen LogP contribution in [-0.4, -0.2) is 70.1 Å². The Kier molecular flexibility index (Phi) is 7.15. The number of nitrogens with zero attached hydrogens (tertiary/aromatic N) is 1. The number of carbonyl (C=O) groups excluding carboxylic acids is 1. The minimum atomic E-state index is -0.0863. The van der Waals surface area contributed by atoms with Gasteiger partial charge in [-0.1, -0.05) is 6.07 Å². The monoisotopic (exact) mass is 392 g/mol. The number of carbonyl (C=O) groups is 1. The van der Waals surface area contributed by atoms with Gasteiger partial charge in [-0.25, -0.2) is 0 Å². The van der Waals surface area contributed by atoms with Crippen molar-refractivity contribution < 1.29 is 23.7 Å². The highest BCUT2D eigenvalue weighted by atomic mass is 16.5. The molecule has 1 aromatic rings. The fourth-order valence-corrected chi connectivity index (χ4v) is 4.17. The first kappa shape index (κ1) is 20.9. The Hall–Kier alpha value is -1.83. The Balaban J connectivity index is 1.46. The fourth-order valence-electron chi connectivity index (χ4n) is 4.17. The molecule has 2 saturated heterocycles. The standard InChI is InChI=1S/C21H32N2O5/c1-25-15-20(24)22-13-17-6-7-21(28-17)8-10-23(11-9-21)14-16-4-5-18(26-2)19(12-16)27-3/h4-5,12,17H,6-11,13-15H2,1-3H3,(H,22,24). The van der Waals surface area contributed by atoms with Crippen LogP contribution in [0.4, 0.5) is 0 Å². The number of benzene rings is 1. The Labute approximate surface area is 167 Å². The van der Waals surface area contributed by atoms with Crippen LogP contribution in [0.15, 0.2) is 18.2 Å². The molecule has 28 heavy (non-hydrogen) atoms. The molecule has 0 aromatic heterocycles. The first-order valence-corrected chi connectivity index (χ1v) is 9.94. The SMILES string of the molecule is COCC(=O)NCC1CCC2(CCN(Cc3ccc(OC)c(OC)c3)CC2)O1. The topological polar surface area (TPSA) is 69.3 Å². The first-order valence-electron chi connectivity index (χ1n) is 9.94. The van der Waals surface area contributed by atoms with Crippen LogP contribution in [0.1, 0.15) is 31.2 Å². The minimum absolute atomic E-state index is 0.0231. The summed E-state index contributed by atoms with van der Waals surface area (Å²) < 4.78 is 21.9. The van der Waals surface area contributed by atoms with E-state index >= 15 is 0 Å². The van der Waals surface area contributed by atoms with Crippen molar-refractivity contribution >= 4 is 5.91 Å². The van der Waals surface area contributed by atoms with Crippen LogP contribution >= 0.6 is 0 Å². The molecule has 1 spiro atoms. The maximum Gasteiger partial charge on any atom is 0.246 e. The van der Waals surface area contributed by atoms with E-state index in [4.69, 9.17) is 18.9 Å². The lowest BCUT2D eigenvalue weighted by atomic mass is 9.88. The average Bonchev–Trinajstić information content (AvgIpc) is 3.11. The summed E-state index contributed by atoms with van der Waals surface area (Å²) in [6.07, 6.45) is 4.24. The Morgan fingerprint density at radius 2 is 1.93 bits per heavy atom. The van der Waals surface area contributed by atoms with Crippen LogP contribution in [0.2, 0.25) is 0 Å². The number of ether oxygens (including phenoxy) is 4. The molecule has 1 aromatic carbocycles. The van der Waals surface area contributed by atoms with Crippen LogP contribution in [0.25, 0.3) is 0 Å². The number of hydrogen-bond donors (Lipinski definition) is 1. The number of methoxy groups -OCH3 is 3. The summed E-state index contributed by atoms with van der Waals surface area (Å²) in [6.45, 7) is 3.59. The van der Waals surface area contributed by atoms with Crippen molar-refractivity contribution in [2.24, 2.45) is 0 Å². The van der Waals surface area contributed by atoms with Gasteiger partial charge in [0.1, 0.15) is 6.61 Å². The molecule has 2 heterocycles. The first-order chi connectivity index (χ1) is 13.6. The second-order valence-corrected chi connectivity index (χ2v) is 7.66. The molecule has 0 saturated carbocycles. The third-order valence-electron chi connectivity index (χ3n) is 5.76. The molecule has 1 atom stereocenters. The largest absolute Gasteiger partial charge is 0.493 e. The summed E-state index contributed by atoms with van der Waals surface area (Å²) in [5.74, 6) is 1.44. The summed E-state index contributed by atoms with van der Waals surface area (Å²) in [6, 6.07) is 6.10. The zero-order valence-corrected chi connectivity index (χ0v) is 17.2. The Morgan fingerprint density at radius 1 is 1.18 bits per heavy atom. The van der Waals surface area contributed by atoms with E-state index in [0.29, 0.717) is 6.54 Å². The highest BCUT2D eigenvalue weighted by Gasteiger charge is 2.42. The molecule has 0 aliphatic carbocycles. The van der Waals surface area contributed by atoms with E-state index in [1.807, 2.05) is 12.1 Å². The molecule has 156 valence electrons. The van der Waals surface area contributed by atoms with Crippen molar-refractivity contribution in [2.45, 2.75) is 43.9 Å². The molecule has 2 fully saturated rings. The lowest BCUT2D eigenvalue weighted by Gasteiger charge is -2.39. The second kappa shape index (κ2) is 9.58. The van der Waals surface area contributed by atoms with Crippen LogP contribution in [0.5, 0.6) is 11.5 Å². The Bertz CT molecular complexity index is 658. The third kappa shape index (κ3) is 5.16. The van der Waals surface area contributed by atoms with Crippen LogP contribution in [-0.2, 0) is 20.8 Å². The molecule has 0 radical (unpaired) electrons. The quantitative estimate of drug-likeness (QED) is 0.730. The number of hydrogen-bond acceptors (Lipinski definition) is 6. The molecular weight excluding hydrogens is 360 g/mol. The normalized spacial score (nSPS) is 21.6. The summed E-state index contributed by atoms with van der Waals surface area (Å²) >= 11 is 0. The summed E-state index contributed by atoms with van der Waals surface area (Å²) in [5, 5.41) is 2.89. The van der Waals surface area contributed by atoms with Crippen LogP contribution in [0.3, 0.4) is 0 Å². The molecule has 2 aliphatic heterocycles. The number of nitrogens with one attached hydrogen (secondary N) is 1. The van der Waals surface area contributed by atoms with Gasteiger partial charge in [-0.2, -0.15) is 0 Å². The number of amides is 1. The number of rotatable bonds is 8. The van der Waals surface area contributed by atoms with Crippen molar-refractivity contribution in [1.82, 2.24) is 10.2 Å². The van der Waals surface area contributed by atoms with E-state index in [1.165, 1.54) is 12.7 Å². The van der Waals surface area contributed by atoms with E-state index in [9.17, 15) is 4.79 Å². The van der Waals surface area contributed by atoms with E-state index in [0.717, 1.165) is 56.8 Å². The van der Waals surface area contributed by atoms with E-state index in [1.54, 1.807) is 14.2 Å². The van der Waals surface area contributed by atoms with Crippen molar-refractivity contribution in [3.05, 3.63) is 23.8 Å². The number of likely N-dealkylation sites (tertiary alicyclic amines) is 1. The summed E-state index contributed by atoms with van der Waals surface area (Å²) in [4.78, 5) is 14.0. The Morgan fingerprint density at radius 3 is 2.61 bits per heavy atom. The van der Waals surface area contributed by atoms with Crippen molar-refractivity contribution in [2.75, 3.05) is 47.6 Å². The smallest absolute Gasteiger partial charge is 0.246 e. The van der Waals surface area contributed by atoms with Gasteiger partial charge in [0.15, 0.2) is 11.5 Å². The van der Waals surface area contributed by atoms with Gasteiger partial charge in [0.05, 0.1) is 25.9 Å². The highest BCUT2D eigenvalue weighted by molar-refractivity contribution is 5.77. The molecule has 7 heteroatoms. The highest BCUT2D eigenvalue weighted by Crippen LogP contribution is 2.39. The van der Waals surface area contributed by atoms with Gasteiger partial charge < -0.3 is 24.3 Å². The summed E-state index contributed by atoms with van der Waals surface area (Å²) in [7, 11) is 4.84. The lowest BCUT2D eigenvalue weighted by Crippen LogP contribution is -2.45. The molecule has 7 nitrogen and oxygen atoms in total. The van der Waals surface area contributed by atoms with Gasteiger partial charge in [-0.15, -0.1) is 0 Å². The molecule has 1 N–H and O–H groups in total. The van der Waals surface area contributed by atoms with E-state index < -0.39 is 0 Å². The molecule has 1 amide bonds. The van der Waals surface area contributed by atoms with Gasteiger partial charge in [0.25, 0.3) is 0 Å². The number of piperidine rings is 1. The minimum Gasteiger partial charge on any atom is -0.493 e. The van der Waals surface area contributed by atoms with Crippen LogP contribution in [0, 0.1) is 0 Å². The average molecular weight is 392 g/mol. The van der Waals surface area contributed by atoms with Crippen molar-refractivity contribution in [3.8, 4) is 11.5 Å². The lowest BCUT2D eigenvalue weighted by molar-refractivity contribution is -0.126. The summed E-state index contributed by atoms with van der Waals surface area (Å²) in [5.41, 5.74) is 1.20. The zero-order chi connectivity index (χ0) is 20.0. The van der Waals surface area contributed by atoms with Gasteiger partial charge in [0.2, 0.25) is 5.91 Å². The molecule has 0 bridgehead atoms. The van der Waals surface area contributed by atoms with Crippen molar-refractivity contribution in [1.29, 1.82) is 0 Å². The maximum atomic E-state index is 11.6. The molecule has 1 unspecified atom stereocenters. The molecular formula is C21H32N2O5. The molecule has 2 aliphatic rings. The maximum absolute atomic E-state index is 11.6. The van der Waals surface area contributed by atoms with Gasteiger partial charge in [-0.05, 0) is 43.4 Å². The van der Waals surface area contributed by atoms with Gasteiger partial charge >= 0.3 is 0 Å². The van der Waals surface area contributed by atoms with E-state index in [2.05, 4.69) is 16.3 Å². The van der Waals surface area contributed by atoms with Gasteiger partial charge in [0, 0.05) is 33.3 Å². The zero-order valence-electron chi connectivity index (χ0n) is 17.2. The third-order valence-corrected chi connectivity index (χ3v) is 5.76. The predicted molar refractivity (Wildman–Crippen MR) is 106 cm³/mol. The van der Waals surface area contributed by atoms with E-state index in [-0.39, 0.29) is 24.2 Å². The van der Waals surface area contributed by atoms with Crippen LogP contribution < -0.4 is 14.8 Å².